The summed E-state index contributed by atoms with van der Waals surface area (Å²) < 4.78 is 0. The molecule has 1 aliphatic heterocycles. The van der Waals surface area contributed by atoms with Crippen molar-refractivity contribution in [3.8, 4) is 0 Å². The molecule has 0 unspecified atom stereocenters. The van der Waals surface area contributed by atoms with Gasteiger partial charge < -0.3 is 20.2 Å². The van der Waals surface area contributed by atoms with Crippen LogP contribution in [-0.4, -0.2) is 57.7 Å². The molecule has 5 rings (SSSR count). The van der Waals surface area contributed by atoms with Gasteiger partial charge in [-0.25, -0.2) is 0 Å². The number of fused-ring (bicyclic) bond motifs is 5. The fourth-order valence-electron chi connectivity index (χ4n) is 9.72. The summed E-state index contributed by atoms with van der Waals surface area (Å²) in [6.45, 7) is 8.15. The van der Waals surface area contributed by atoms with Gasteiger partial charge in [0.2, 0.25) is 0 Å². The molecule has 3 saturated carbocycles. The summed E-state index contributed by atoms with van der Waals surface area (Å²) in [6.07, 6.45) is 13.3. The average Bonchev–Trinajstić information content (AvgIpc) is 2.86. The van der Waals surface area contributed by atoms with Crippen molar-refractivity contribution in [2.24, 2.45) is 34.5 Å². The van der Waals surface area contributed by atoms with Crippen molar-refractivity contribution in [3.05, 3.63) is 11.6 Å². The van der Waals surface area contributed by atoms with Crippen LogP contribution >= 0.6 is 0 Å². The molecular formula is C28H47NO3. The van der Waals surface area contributed by atoms with Crippen LogP contribution in [0.4, 0.5) is 0 Å². The summed E-state index contributed by atoms with van der Waals surface area (Å²) in [5, 5.41) is 34.2. The Morgan fingerprint density at radius 1 is 1.06 bits per heavy atom. The minimum Gasteiger partial charge on any atom is -0.393 e. The van der Waals surface area contributed by atoms with Gasteiger partial charge in [-0.3, -0.25) is 0 Å². The maximum absolute atomic E-state index is 12.4. The summed E-state index contributed by atoms with van der Waals surface area (Å²) in [5.74, 6) is 1.36. The molecule has 0 spiro atoms. The second-order valence-corrected chi connectivity index (χ2v) is 12.9. The van der Waals surface area contributed by atoms with Crippen molar-refractivity contribution < 1.29 is 15.3 Å². The number of rotatable bonds is 2. The molecule has 0 aromatic heterocycles. The van der Waals surface area contributed by atoms with Gasteiger partial charge in [0.25, 0.3) is 0 Å². The van der Waals surface area contributed by atoms with Gasteiger partial charge in [0.1, 0.15) is 0 Å². The SMILES string of the molecule is C[C@@H]([C@H]1CCCCCN1C)[C@@]1(O)C[C@@H](O)[C@H]2[C@@H]3CC=C4C[C@@H](O)CC[C@]4(C)[C@H]3CC[C@@]21C. The summed E-state index contributed by atoms with van der Waals surface area (Å²) in [7, 11) is 2.24. The lowest BCUT2D eigenvalue weighted by atomic mass is 9.46. The van der Waals surface area contributed by atoms with Gasteiger partial charge in [0.05, 0.1) is 17.8 Å². The Bertz CT molecular complexity index is 753. The molecule has 0 aromatic carbocycles. The van der Waals surface area contributed by atoms with Gasteiger partial charge in [-0.2, -0.15) is 0 Å². The van der Waals surface area contributed by atoms with E-state index in [4.69, 9.17) is 0 Å². The lowest BCUT2D eigenvalue weighted by Crippen LogP contribution is -2.59. The van der Waals surface area contributed by atoms with E-state index in [2.05, 4.69) is 38.8 Å². The van der Waals surface area contributed by atoms with E-state index >= 15 is 0 Å². The predicted octanol–water partition coefficient (Wildman–Crippen LogP) is 4.52. The van der Waals surface area contributed by atoms with Crippen molar-refractivity contribution in [3.63, 3.8) is 0 Å². The lowest BCUT2D eigenvalue weighted by molar-refractivity contribution is -0.163. The summed E-state index contributed by atoms with van der Waals surface area (Å²) in [4.78, 5) is 2.49. The van der Waals surface area contributed by atoms with Crippen LogP contribution in [0.1, 0.15) is 91.4 Å². The first kappa shape index (κ1) is 23.3. The summed E-state index contributed by atoms with van der Waals surface area (Å²) in [5.41, 5.74) is 0.601. The maximum Gasteiger partial charge on any atom is 0.0769 e. The maximum atomic E-state index is 12.4. The lowest BCUT2D eigenvalue weighted by Gasteiger charge is -2.60. The molecule has 1 heterocycles. The molecule has 4 heteroatoms. The molecular weight excluding hydrogens is 398 g/mol. The van der Waals surface area contributed by atoms with E-state index in [0.717, 1.165) is 51.5 Å². The third-order valence-corrected chi connectivity index (χ3v) is 11.7. The van der Waals surface area contributed by atoms with Crippen molar-refractivity contribution in [1.82, 2.24) is 4.90 Å². The Morgan fingerprint density at radius 3 is 2.62 bits per heavy atom. The van der Waals surface area contributed by atoms with Gasteiger partial charge in [0, 0.05) is 23.8 Å². The third kappa shape index (κ3) is 3.22. The van der Waals surface area contributed by atoms with Gasteiger partial charge >= 0.3 is 0 Å². The highest BCUT2D eigenvalue weighted by Crippen LogP contribution is 2.68. The number of hydrogen-bond donors (Lipinski definition) is 3. The number of likely N-dealkylation sites (tertiary alicyclic amines) is 1. The van der Waals surface area contributed by atoms with Crippen LogP contribution in [0.5, 0.6) is 0 Å². The molecule has 1 saturated heterocycles. The molecule has 0 aromatic rings. The van der Waals surface area contributed by atoms with Crippen LogP contribution in [0.15, 0.2) is 11.6 Å². The molecule has 5 aliphatic rings. The second kappa shape index (κ2) is 8.07. The predicted molar refractivity (Wildman–Crippen MR) is 128 cm³/mol. The number of allylic oxidation sites excluding steroid dienone is 1. The van der Waals surface area contributed by atoms with Gasteiger partial charge in [-0.15, -0.1) is 0 Å². The van der Waals surface area contributed by atoms with Gasteiger partial charge in [-0.05, 0) is 88.1 Å². The molecule has 32 heavy (non-hydrogen) atoms. The van der Waals surface area contributed by atoms with Crippen LogP contribution in [0, 0.1) is 34.5 Å². The van der Waals surface area contributed by atoms with Crippen LogP contribution in [0.3, 0.4) is 0 Å². The highest BCUT2D eigenvalue weighted by molar-refractivity contribution is 5.27. The molecule has 10 atom stereocenters. The Hall–Kier alpha value is -0.420. The molecule has 0 bridgehead atoms. The van der Waals surface area contributed by atoms with Crippen molar-refractivity contribution in [2.75, 3.05) is 13.6 Å². The van der Waals surface area contributed by atoms with Gasteiger partial charge in [0.15, 0.2) is 0 Å². The van der Waals surface area contributed by atoms with E-state index in [0.29, 0.717) is 24.3 Å². The average molecular weight is 446 g/mol. The first-order valence-corrected chi connectivity index (χ1v) is 13.6. The fourth-order valence-corrected chi connectivity index (χ4v) is 9.72. The van der Waals surface area contributed by atoms with E-state index in [9.17, 15) is 15.3 Å². The monoisotopic (exact) mass is 445 g/mol. The standard InChI is InChI=1S/C28H47NO3/c1-18(23-8-6-5-7-15-29(23)4)28(32)17-24(31)25-21-10-9-19-16-20(30)11-13-26(19,2)22(21)12-14-27(25,28)3/h9,18,20-25,30-32H,5-8,10-17H2,1-4H3/t18-,20-,21+,22-,23+,24+,25+,26-,27-,28-/m0/s1. The third-order valence-electron chi connectivity index (χ3n) is 11.7. The van der Waals surface area contributed by atoms with Crippen LogP contribution in [0.25, 0.3) is 0 Å². The Balaban J connectivity index is 1.46. The minimum atomic E-state index is -0.807. The summed E-state index contributed by atoms with van der Waals surface area (Å²) in [6, 6.07) is 0.401. The minimum absolute atomic E-state index is 0.164. The Morgan fingerprint density at radius 2 is 1.84 bits per heavy atom. The topological polar surface area (TPSA) is 63.9 Å². The first-order chi connectivity index (χ1) is 15.1. The Labute approximate surface area is 195 Å². The zero-order valence-corrected chi connectivity index (χ0v) is 20.9. The van der Waals surface area contributed by atoms with Crippen LogP contribution in [-0.2, 0) is 0 Å². The van der Waals surface area contributed by atoms with Crippen molar-refractivity contribution in [2.45, 2.75) is 115 Å². The molecule has 182 valence electrons. The fraction of sp³-hybridized carbons (Fsp3) is 0.929. The van der Waals surface area contributed by atoms with Crippen molar-refractivity contribution >= 4 is 0 Å². The zero-order chi connectivity index (χ0) is 22.9. The van der Waals surface area contributed by atoms with Crippen LogP contribution < -0.4 is 0 Å². The zero-order valence-electron chi connectivity index (χ0n) is 20.9. The van der Waals surface area contributed by atoms with E-state index in [1.54, 1.807) is 0 Å². The van der Waals surface area contributed by atoms with Crippen molar-refractivity contribution in [1.29, 1.82) is 0 Å². The molecule has 4 aliphatic carbocycles. The van der Waals surface area contributed by atoms with Gasteiger partial charge in [-0.1, -0.05) is 45.3 Å². The number of hydrogen-bond acceptors (Lipinski definition) is 4. The highest BCUT2D eigenvalue weighted by atomic mass is 16.3. The smallest absolute Gasteiger partial charge is 0.0769 e. The molecule has 4 nitrogen and oxygen atoms in total. The number of aliphatic hydroxyl groups excluding tert-OH is 2. The highest BCUT2D eigenvalue weighted by Gasteiger charge is 2.68. The molecule has 0 amide bonds. The Kier molecular flexibility index (Phi) is 5.88. The second-order valence-electron chi connectivity index (χ2n) is 12.9. The quantitative estimate of drug-likeness (QED) is 0.547. The summed E-state index contributed by atoms with van der Waals surface area (Å²) >= 11 is 0. The largest absolute Gasteiger partial charge is 0.393 e. The van der Waals surface area contributed by atoms with E-state index in [-0.39, 0.29) is 28.8 Å². The van der Waals surface area contributed by atoms with E-state index in [1.165, 1.54) is 24.8 Å². The number of nitrogens with zero attached hydrogens (tertiary/aromatic N) is 1. The van der Waals surface area contributed by atoms with E-state index in [1.807, 2.05) is 0 Å². The van der Waals surface area contributed by atoms with E-state index < -0.39 is 11.7 Å². The first-order valence-electron chi connectivity index (χ1n) is 13.6. The number of aliphatic hydroxyl groups is 3. The molecule has 3 N–H and O–H groups in total. The normalized spacial score (nSPS) is 52.9. The molecule has 4 fully saturated rings. The molecule has 0 radical (unpaired) electrons. The van der Waals surface area contributed by atoms with Crippen LogP contribution in [0.2, 0.25) is 0 Å².